The van der Waals surface area contributed by atoms with E-state index in [2.05, 4.69) is 41.4 Å². The highest BCUT2D eigenvalue weighted by Crippen LogP contribution is 2.23. The Kier molecular flexibility index (Phi) is 6.67. The second-order valence-corrected chi connectivity index (χ2v) is 6.90. The maximum Gasteiger partial charge on any atom is 0.223 e. The van der Waals surface area contributed by atoms with E-state index in [0.717, 1.165) is 38.2 Å². The van der Waals surface area contributed by atoms with Crippen molar-refractivity contribution in [2.45, 2.75) is 38.8 Å². The number of nitrogens with zero attached hydrogens (tertiary/aromatic N) is 1. The van der Waals surface area contributed by atoms with Crippen LogP contribution in [0.4, 0.5) is 0 Å². The van der Waals surface area contributed by atoms with E-state index in [1.807, 2.05) is 30.3 Å². The summed E-state index contributed by atoms with van der Waals surface area (Å²) in [5.41, 5.74) is 2.46. The molecule has 3 rings (SSSR count). The quantitative estimate of drug-likeness (QED) is 0.702. The number of nitrogens with one attached hydrogen (secondary N) is 1. The van der Waals surface area contributed by atoms with Gasteiger partial charge in [0.1, 0.15) is 12.4 Å². The zero-order chi connectivity index (χ0) is 18.2. The third kappa shape index (κ3) is 5.33. The lowest BCUT2D eigenvalue weighted by atomic mass is 10.1. The van der Waals surface area contributed by atoms with Gasteiger partial charge in [-0.15, -0.1) is 0 Å². The van der Waals surface area contributed by atoms with Crippen LogP contribution in [-0.4, -0.2) is 36.5 Å². The largest absolute Gasteiger partial charge is 0.492 e. The van der Waals surface area contributed by atoms with Gasteiger partial charge in [-0.3, -0.25) is 4.79 Å². The number of rotatable bonds is 9. The molecular weight excluding hydrogens is 324 g/mol. The molecule has 2 aromatic carbocycles. The minimum Gasteiger partial charge on any atom is -0.492 e. The topological polar surface area (TPSA) is 41.6 Å². The Labute approximate surface area is 156 Å². The fourth-order valence-corrected chi connectivity index (χ4v) is 3.47. The standard InChI is InChI=1S/C22H28N2O2/c1-18-6-5-7-19(16-18)17-24-20(10-11-22(24)25)12-13-23-14-15-26-21-8-3-2-4-9-21/h2-9,16,20,23H,10-15,17H2,1H3. The van der Waals surface area contributed by atoms with Crippen LogP contribution < -0.4 is 10.1 Å². The van der Waals surface area contributed by atoms with Gasteiger partial charge >= 0.3 is 0 Å². The first kappa shape index (κ1) is 18.5. The van der Waals surface area contributed by atoms with Crippen molar-refractivity contribution in [1.29, 1.82) is 0 Å². The molecule has 1 atom stereocenters. The molecule has 138 valence electrons. The predicted octanol–water partition coefficient (Wildman–Crippen LogP) is 3.54. The van der Waals surface area contributed by atoms with Gasteiger partial charge in [0.05, 0.1) is 0 Å². The van der Waals surface area contributed by atoms with Gasteiger partial charge in [0.2, 0.25) is 5.91 Å². The van der Waals surface area contributed by atoms with Gasteiger partial charge in [-0.25, -0.2) is 0 Å². The first-order valence-electron chi connectivity index (χ1n) is 9.46. The average Bonchev–Trinajstić information content (AvgIpc) is 2.99. The Bertz CT molecular complexity index is 702. The summed E-state index contributed by atoms with van der Waals surface area (Å²) in [7, 11) is 0. The molecule has 0 bridgehead atoms. The maximum absolute atomic E-state index is 12.3. The number of hydrogen-bond acceptors (Lipinski definition) is 3. The highest BCUT2D eigenvalue weighted by molar-refractivity contribution is 5.78. The van der Waals surface area contributed by atoms with Gasteiger partial charge in [-0.05, 0) is 44.0 Å². The predicted molar refractivity (Wildman–Crippen MR) is 104 cm³/mol. The Balaban J connectivity index is 1.38. The molecule has 1 heterocycles. The summed E-state index contributed by atoms with van der Waals surface area (Å²) < 4.78 is 5.68. The fraction of sp³-hybridized carbons (Fsp3) is 0.409. The van der Waals surface area contributed by atoms with Crippen molar-refractivity contribution in [3.05, 3.63) is 65.7 Å². The lowest BCUT2D eigenvalue weighted by molar-refractivity contribution is -0.129. The van der Waals surface area contributed by atoms with Crippen molar-refractivity contribution in [1.82, 2.24) is 10.2 Å². The molecule has 26 heavy (non-hydrogen) atoms. The summed E-state index contributed by atoms with van der Waals surface area (Å²) in [5, 5.41) is 3.43. The summed E-state index contributed by atoms with van der Waals surface area (Å²) in [4.78, 5) is 14.3. The summed E-state index contributed by atoms with van der Waals surface area (Å²) in [6.07, 6.45) is 2.63. The number of ether oxygens (including phenoxy) is 1. The number of carbonyl (C=O) groups excluding carboxylic acids is 1. The minimum absolute atomic E-state index is 0.281. The van der Waals surface area contributed by atoms with Crippen molar-refractivity contribution in [2.24, 2.45) is 0 Å². The van der Waals surface area contributed by atoms with E-state index in [1.165, 1.54) is 11.1 Å². The Morgan fingerprint density at radius 2 is 1.96 bits per heavy atom. The van der Waals surface area contributed by atoms with Gasteiger partial charge in [-0.1, -0.05) is 48.0 Å². The molecule has 0 aromatic heterocycles. The van der Waals surface area contributed by atoms with Gasteiger partial charge < -0.3 is 15.0 Å². The fourth-order valence-electron chi connectivity index (χ4n) is 3.47. The molecule has 0 radical (unpaired) electrons. The van der Waals surface area contributed by atoms with Gasteiger partial charge in [0.25, 0.3) is 0 Å². The molecule has 0 saturated carbocycles. The van der Waals surface area contributed by atoms with Crippen molar-refractivity contribution in [2.75, 3.05) is 19.7 Å². The lowest BCUT2D eigenvalue weighted by Gasteiger charge is -2.25. The maximum atomic E-state index is 12.3. The Hall–Kier alpha value is -2.33. The number of amides is 1. The van der Waals surface area contributed by atoms with Gasteiger partial charge in [-0.2, -0.15) is 0 Å². The van der Waals surface area contributed by atoms with Crippen LogP contribution in [0.15, 0.2) is 54.6 Å². The average molecular weight is 352 g/mol. The second-order valence-electron chi connectivity index (χ2n) is 6.90. The molecule has 0 aliphatic carbocycles. The number of para-hydroxylation sites is 1. The smallest absolute Gasteiger partial charge is 0.223 e. The number of likely N-dealkylation sites (tertiary alicyclic amines) is 1. The molecular formula is C22H28N2O2. The SMILES string of the molecule is Cc1cccc(CN2C(=O)CCC2CCNCCOc2ccccc2)c1. The van der Waals surface area contributed by atoms with Crippen LogP contribution in [0.25, 0.3) is 0 Å². The highest BCUT2D eigenvalue weighted by atomic mass is 16.5. The number of carbonyl (C=O) groups is 1. The third-order valence-corrected chi connectivity index (χ3v) is 4.83. The van der Waals surface area contributed by atoms with Crippen LogP contribution in [0.5, 0.6) is 5.75 Å². The Morgan fingerprint density at radius 3 is 2.77 bits per heavy atom. The van der Waals surface area contributed by atoms with Crippen LogP contribution in [0.2, 0.25) is 0 Å². The molecule has 1 saturated heterocycles. The van der Waals surface area contributed by atoms with Crippen molar-refractivity contribution >= 4 is 5.91 Å². The number of benzene rings is 2. The van der Waals surface area contributed by atoms with E-state index >= 15 is 0 Å². The molecule has 1 N–H and O–H groups in total. The molecule has 1 fully saturated rings. The first-order chi connectivity index (χ1) is 12.7. The van der Waals surface area contributed by atoms with Crippen molar-refractivity contribution in [3.63, 3.8) is 0 Å². The van der Waals surface area contributed by atoms with E-state index in [1.54, 1.807) is 0 Å². The molecule has 1 unspecified atom stereocenters. The summed E-state index contributed by atoms with van der Waals surface area (Å²) in [5.74, 6) is 1.18. The first-order valence-corrected chi connectivity index (χ1v) is 9.46. The van der Waals surface area contributed by atoms with E-state index in [4.69, 9.17) is 4.74 Å². The van der Waals surface area contributed by atoms with Crippen molar-refractivity contribution in [3.8, 4) is 5.75 Å². The van der Waals surface area contributed by atoms with E-state index in [9.17, 15) is 4.79 Å². The zero-order valence-electron chi connectivity index (χ0n) is 15.5. The molecule has 4 heteroatoms. The normalized spacial score (nSPS) is 16.9. The molecule has 4 nitrogen and oxygen atoms in total. The summed E-state index contributed by atoms with van der Waals surface area (Å²) in [6.45, 7) is 5.19. The molecule has 1 aliphatic heterocycles. The van der Waals surface area contributed by atoms with Crippen LogP contribution in [0, 0.1) is 6.92 Å². The monoisotopic (exact) mass is 352 g/mol. The zero-order valence-corrected chi connectivity index (χ0v) is 15.5. The second kappa shape index (κ2) is 9.39. The number of aryl methyl sites for hydroxylation is 1. The van der Waals surface area contributed by atoms with Crippen LogP contribution in [0.3, 0.4) is 0 Å². The van der Waals surface area contributed by atoms with Gasteiger partial charge in [0.15, 0.2) is 0 Å². The third-order valence-electron chi connectivity index (χ3n) is 4.83. The van der Waals surface area contributed by atoms with E-state index in [0.29, 0.717) is 19.1 Å². The molecule has 1 amide bonds. The lowest BCUT2D eigenvalue weighted by Crippen LogP contribution is -2.35. The van der Waals surface area contributed by atoms with Crippen molar-refractivity contribution < 1.29 is 9.53 Å². The summed E-state index contributed by atoms with van der Waals surface area (Å²) in [6, 6.07) is 18.6. The minimum atomic E-state index is 0.281. The molecule has 2 aromatic rings. The van der Waals surface area contributed by atoms with Crippen LogP contribution in [-0.2, 0) is 11.3 Å². The van der Waals surface area contributed by atoms with Crippen LogP contribution >= 0.6 is 0 Å². The van der Waals surface area contributed by atoms with Gasteiger partial charge in [0, 0.05) is 25.6 Å². The molecule has 0 spiro atoms. The molecule has 1 aliphatic rings. The summed E-state index contributed by atoms with van der Waals surface area (Å²) >= 11 is 0. The number of hydrogen-bond donors (Lipinski definition) is 1. The Morgan fingerprint density at radius 1 is 1.12 bits per heavy atom. The van der Waals surface area contributed by atoms with E-state index < -0.39 is 0 Å². The van der Waals surface area contributed by atoms with E-state index in [-0.39, 0.29) is 5.91 Å². The van der Waals surface area contributed by atoms with Crippen LogP contribution in [0.1, 0.15) is 30.4 Å². The highest BCUT2D eigenvalue weighted by Gasteiger charge is 2.30.